The largest absolute Gasteiger partial charge is 0.0837 e. The molecule has 0 amide bonds. The maximum Gasteiger partial charge on any atom is 0.0723 e. The van der Waals surface area contributed by atoms with Gasteiger partial charge in [-0.2, -0.15) is 0 Å². The summed E-state index contributed by atoms with van der Waals surface area (Å²) in [7, 11) is -2.35. The van der Waals surface area contributed by atoms with Crippen LogP contribution < -0.4 is 0 Å². The van der Waals surface area contributed by atoms with Gasteiger partial charge >= 0.3 is 0 Å². The maximum atomic E-state index is 7.82. The van der Waals surface area contributed by atoms with Crippen LogP contribution in [0.5, 0.6) is 0 Å². The van der Waals surface area contributed by atoms with E-state index in [0.29, 0.717) is 0 Å². The van der Waals surface area contributed by atoms with Gasteiger partial charge in [-0.25, -0.2) is 0 Å². The number of hydrogen-bond donors (Lipinski definition) is 0. The van der Waals surface area contributed by atoms with Crippen LogP contribution in [0, 0.1) is 0 Å². The van der Waals surface area contributed by atoms with Crippen LogP contribution in [0.1, 0.15) is 72.9 Å². The Morgan fingerprint density at radius 1 is 0.421 bits per heavy atom. The highest BCUT2D eigenvalue weighted by atomic mass is 35.5. The third kappa shape index (κ3) is 5.54. The minimum atomic E-state index is -2.35. The quantitative estimate of drug-likeness (QED) is 0.106. The first kappa shape index (κ1) is 36.4. The fourth-order valence-corrected chi connectivity index (χ4v) is 16.8. The standard InChI is InChI=1S/C54H46Cl2Si/c1-5-17-45-51(55)49-41(47-31-33-19-7-9-21-35(33)37-23-11-13-25-39(37)47)27-15-29-43(49)53(45)57(3,4)54-44-30-16-28-42(50(44)52(56)46(54)18-6-2)48-32-34-20-8-10-22-36(34)38-24-12-14-26-40(38)48/h7-16,19-32,53-54H,5-6,17-18H2,1-4H3. The summed E-state index contributed by atoms with van der Waals surface area (Å²) in [4.78, 5) is 0. The summed E-state index contributed by atoms with van der Waals surface area (Å²) in [6, 6.07) is 54.0. The second kappa shape index (κ2) is 14.2. The lowest BCUT2D eigenvalue weighted by Crippen LogP contribution is -2.43. The molecule has 0 aromatic heterocycles. The minimum Gasteiger partial charge on any atom is -0.0837 e. The summed E-state index contributed by atoms with van der Waals surface area (Å²) in [5.74, 6) is 0. The highest BCUT2D eigenvalue weighted by Crippen LogP contribution is 2.61. The van der Waals surface area contributed by atoms with E-state index in [4.69, 9.17) is 23.2 Å². The lowest BCUT2D eigenvalue weighted by atomic mass is 9.90. The molecule has 0 saturated carbocycles. The maximum absolute atomic E-state index is 7.82. The fraction of sp³-hybridized carbons (Fsp3) is 0.185. The van der Waals surface area contributed by atoms with Crippen LogP contribution in [0.2, 0.25) is 13.1 Å². The SMILES string of the molecule is CCCC1=C(Cl)c2c(-c3cc4ccccc4c4ccccc34)cccc2C1[Si](C)(C)C1C(CCC)=C(Cl)c2c(-c3cc4ccccc4c4ccccc34)cccc21. The number of halogens is 2. The van der Waals surface area contributed by atoms with E-state index in [9.17, 15) is 0 Å². The normalized spacial score (nSPS) is 16.7. The Kier molecular flexibility index (Phi) is 9.05. The zero-order chi connectivity index (χ0) is 39.0. The average Bonchev–Trinajstić information content (AvgIpc) is 3.70. The highest BCUT2D eigenvalue weighted by Gasteiger charge is 2.51. The summed E-state index contributed by atoms with van der Waals surface area (Å²) in [6.45, 7) is 9.85. The summed E-state index contributed by atoms with van der Waals surface area (Å²) in [5, 5.41) is 12.1. The first-order chi connectivity index (χ1) is 27.8. The number of hydrogen-bond acceptors (Lipinski definition) is 0. The van der Waals surface area contributed by atoms with Crippen LogP contribution >= 0.6 is 23.2 Å². The van der Waals surface area contributed by atoms with Crippen molar-refractivity contribution in [3.05, 3.63) is 179 Å². The van der Waals surface area contributed by atoms with Crippen LogP contribution in [0.4, 0.5) is 0 Å². The molecule has 0 radical (unpaired) electrons. The molecular weight excluding hydrogens is 748 g/mol. The third-order valence-corrected chi connectivity index (χ3v) is 18.3. The van der Waals surface area contributed by atoms with Gasteiger partial charge in [0.15, 0.2) is 0 Å². The Morgan fingerprint density at radius 3 is 1.19 bits per heavy atom. The molecule has 8 aromatic carbocycles. The molecule has 0 heterocycles. The molecule has 280 valence electrons. The average molecular weight is 794 g/mol. The van der Waals surface area contributed by atoms with E-state index in [-0.39, 0.29) is 11.1 Å². The summed E-state index contributed by atoms with van der Waals surface area (Å²) in [6.07, 6.45) is 4.06. The first-order valence-electron chi connectivity index (χ1n) is 20.7. The summed E-state index contributed by atoms with van der Waals surface area (Å²) in [5.41, 5.74) is 13.6. The molecule has 10 rings (SSSR count). The van der Waals surface area contributed by atoms with Crippen molar-refractivity contribution in [2.45, 2.75) is 63.7 Å². The van der Waals surface area contributed by atoms with Crippen molar-refractivity contribution in [2.75, 3.05) is 0 Å². The Balaban J connectivity index is 1.18. The molecule has 0 aliphatic heterocycles. The molecule has 0 bridgehead atoms. The van der Waals surface area contributed by atoms with Crippen molar-refractivity contribution in [2.24, 2.45) is 0 Å². The van der Waals surface area contributed by atoms with Gasteiger partial charge in [0.05, 0.1) is 8.07 Å². The first-order valence-corrected chi connectivity index (χ1v) is 24.6. The molecule has 2 aliphatic rings. The Hall–Kier alpha value is -4.92. The van der Waals surface area contributed by atoms with E-state index in [1.165, 1.54) is 98.7 Å². The Bertz CT molecular complexity index is 2800. The molecule has 2 unspecified atom stereocenters. The zero-order valence-electron chi connectivity index (χ0n) is 33.1. The van der Waals surface area contributed by atoms with Gasteiger partial charge in [0.1, 0.15) is 0 Å². The van der Waals surface area contributed by atoms with Crippen molar-refractivity contribution in [1.82, 2.24) is 0 Å². The number of rotatable bonds is 8. The monoisotopic (exact) mass is 792 g/mol. The molecule has 57 heavy (non-hydrogen) atoms. The van der Waals surface area contributed by atoms with E-state index in [0.717, 1.165) is 35.7 Å². The van der Waals surface area contributed by atoms with E-state index in [2.05, 4.69) is 173 Å². The molecule has 0 nitrogen and oxygen atoms in total. The van der Waals surface area contributed by atoms with Gasteiger partial charge in [-0.15, -0.1) is 0 Å². The smallest absolute Gasteiger partial charge is 0.0723 e. The van der Waals surface area contributed by atoms with E-state index in [1.807, 2.05) is 0 Å². The molecule has 0 fully saturated rings. The predicted octanol–water partition coefficient (Wildman–Crippen LogP) is 16.8. The number of benzene rings is 8. The predicted molar refractivity (Wildman–Crippen MR) is 252 cm³/mol. The lowest BCUT2D eigenvalue weighted by Gasteiger charge is -2.40. The summed E-state index contributed by atoms with van der Waals surface area (Å²) < 4.78 is 0. The van der Waals surface area contributed by atoms with Crippen LogP contribution in [0.15, 0.2) is 157 Å². The number of allylic oxidation sites excluding steroid dienone is 2. The second-order valence-electron chi connectivity index (χ2n) is 16.8. The van der Waals surface area contributed by atoms with Crippen LogP contribution in [-0.2, 0) is 0 Å². The summed E-state index contributed by atoms with van der Waals surface area (Å²) >= 11 is 15.6. The van der Waals surface area contributed by atoms with Crippen molar-refractivity contribution in [1.29, 1.82) is 0 Å². The number of fused-ring (bicyclic) bond motifs is 8. The van der Waals surface area contributed by atoms with E-state index >= 15 is 0 Å². The molecule has 8 aromatic rings. The molecule has 0 saturated heterocycles. The van der Waals surface area contributed by atoms with E-state index < -0.39 is 8.07 Å². The molecule has 0 N–H and O–H groups in total. The molecular formula is C54H46Cl2Si. The van der Waals surface area contributed by atoms with Crippen LogP contribution in [0.25, 0.3) is 75.4 Å². The van der Waals surface area contributed by atoms with Gasteiger partial charge in [-0.1, -0.05) is 196 Å². The van der Waals surface area contributed by atoms with Crippen molar-refractivity contribution < 1.29 is 0 Å². The molecule has 2 aliphatic carbocycles. The van der Waals surface area contributed by atoms with Gasteiger partial charge < -0.3 is 0 Å². The Labute approximate surface area is 347 Å². The topological polar surface area (TPSA) is 0 Å². The second-order valence-corrected chi connectivity index (χ2v) is 22.3. The van der Waals surface area contributed by atoms with Gasteiger partial charge in [-0.05, 0) is 113 Å². The lowest BCUT2D eigenvalue weighted by molar-refractivity contribution is 0.821. The van der Waals surface area contributed by atoms with Crippen molar-refractivity contribution >= 4 is 84.4 Å². The van der Waals surface area contributed by atoms with Gasteiger partial charge in [-0.3, -0.25) is 0 Å². The van der Waals surface area contributed by atoms with Crippen molar-refractivity contribution in [3.63, 3.8) is 0 Å². The minimum absolute atomic E-state index is 0.254. The third-order valence-electron chi connectivity index (χ3n) is 13.2. The van der Waals surface area contributed by atoms with E-state index in [1.54, 1.807) is 0 Å². The Morgan fingerprint density at radius 2 is 0.789 bits per heavy atom. The molecule has 2 atom stereocenters. The van der Waals surface area contributed by atoms with Gasteiger partial charge in [0.25, 0.3) is 0 Å². The van der Waals surface area contributed by atoms with Crippen molar-refractivity contribution in [3.8, 4) is 22.3 Å². The van der Waals surface area contributed by atoms with Gasteiger partial charge in [0.2, 0.25) is 0 Å². The zero-order valence-corrected chi connectivity index (χ0v) is 35.6. The fourth-order valence-electron chi connectivity index (χ4n) is 11.0. The van der Waals surface area contributed by atoms with Crippen LogP contribution in [-0.4, -0.2) is 8.07 Å². The highest BCUT2D eigenvalue weighted by molar-refractivity contribution is 6.82. The molecule has 0 spiro atoms. The van der Waals surface area contributed by atoms with Crippen LogP contribution in [0.3, 0.4) is 0 Å². The van der Waals surface area contributed by atoms with Gasteiger partial charge in [0, 0.05) is 32.3 Å². The molecule has 3 heteroatoms.